The van der Waals surface area contributed by atoms with Gasteiger partial charge in [0.05, 0.1) is 17.1 Å². The number of hydrogen-bond donors (Lipinski definition) is 5. The molecule has 6 N–H and O–H groups in total. The van der Waals surface area contributed by atoms with Gasteiger partial charge < -0.3 is 26.5 Å². The van der Waals surface area contributed by atoms with E-state index in [0.29, 0.717) is 27.8 Å². The molecule has 3 aromatic carbocycles. The summed E-state index contributed by atoms with van der Waals surface area (Å²) < 4.78 is 0. The zero-order valence-electron chi connectivity index (χ0n) is 18.8. The first-order valence-corrected chi connectivity index (χ1v) is 11.1. The molecule has 0 spiro atoms. The summed E-state index contributed by atoms with van der Waals surface area (Å²) in [5, 5.41) is 16.5. The Hall–Kier alpha value is -4.17. The van der Waals surface area contributed by atoms with Gasteiger partial charge in [0.2, 0.25) is 0 Å². The first-order chi connectivity index (χ1) is 16.4. The molecule has 0 radical (unpaired) electrons. The summed E-state index contributed by atoms with van der Waals surface area (Å²) in [6.45, 7) is 2.10. The van der Waals surface area contributed by atoms with E-state index in [-0.39, 0.29) is 11.9 Å². The van der Waals surface area contributed by atoms with E-state index < -0.39 is 18.1 Å². The maximum absolute atomic E-state index is 13.0. The monoisotopic (exact) mass is 457 g/mol. The third kappa shape index (κ3) is 5.24. The number of imidazole rings is 1. The minimum Gasteiger partial charge on any atom is -0.381 e. The van der Waals surface area contributed by atoms with Gasteiger partial charge in [-0.1, -0.05) is 55.8 Å². The minimum atomic E-state index is -1.53. The molecule has 0 bridgehead atoms. The number of aryl methyl sites for hydroxylation is 1. The molecule has 0 aliphatic rings. The zero-order chi connectivity index (χ0) is 24.1. The maximum atomic E-state index is 13.0. The van der Waals surface area contributed by atoms with E-state index in [2.05, 4.69) is 27.5 Å². The van der Waals surface area contributed by atoms with Gasteiger partial charge >= 0.3 is 0 Å². The summed E-state index contributed by atoms with van der Waals surface area (Å²) in [4.78, 5) is 32.9. The van der Waals surface area contributed by atoms with Gasteiger partial charge in [0.25, 0.3) is 11.8 Å². The number of aliphatic hydroxyl groups excluding tert-OH is 1. The fraction of sp³-hybridized carbons (Fsp3) is 0.192. The summed E-state index contributed by atoms with van der Waals surface area (Å²) in [5.74, 6) is -0.759. The van der Waals surface area contributed by atoms with Crippen LogP contribution in [0.4, 0.5) is 11.6 Å². The lowest BCUT2D eigenvalue weighted by molar-refractivity contribution is -0.125. The lowest BCUT2D eigenvalue weighted by atomic mass is 9.99. The van der Waals surface area contributed by atoms with Gasteiger partial charge in [-0.25, -0.2) is 4.98 Å². The fourth-order valence-corrected chi connectivity index (χ4v) is 3.82. The van der Waals surface area contributed by atoms with E-state index in [1.807, 2.05) is 18.2 Å². The SMILES string of the molecule is CCCc1ccc(C(=O)NC(c2ccccc2)C(O)C(=O)Nc2ccc3nc(N)[nH]c3c2)cc1. The molecule has 0 aliphatic heterocycles. The number of nitrogens with zero attached hydrogens (tertiary/aromatic N) is 1. The van der Waals surface area contributed by atoms with Crippen LogP contribution in [0, 0.1) is 0 Å². The van der Waals surface area contributed by atoms with E-state index >= 15 is 0 Å². The number of hydrogen-bond acceptors (Lipinski definition) is 5. The lowest BCUT2D eigenvalue weighted by Crippen LogP contribution is -2.42. The van der Waals surface area contributed by atoms with E-state index in [1.54, 1.807) is 54.6 Å². The van der Waals surface area contributed by atoms with Crippen LogP contribution in [0.5, 0.6) is 0 Å². The average Bonchev–Trinajstić information content (AvgIpc) is 3.22. The number of carbonyl (C=O) groups excluding carboxylic acids is 2. The number of nitrogens with one attached hydrogen (secondary N) is 3. The van der Waals surface area contributed by atoms with Crippen molar-refractivity contribution in [3.05, 3.63) is 89.5 Å². The Morgan fingerprint density at radius 2 is 1.79 bits per heavy atom. The van der Waals surface area contributed by atoms with Gasteiger partial charge in [-0.2, -0.15) is 0 Å². The molecule has 174 valence electrons. The topological polar surface area (TPSA) is 133 Å². The predicted octanol–water partition coefficient (Wildman–Crippen LogP) is 3.57. The Kier molecular flexibility index (Phi) is 6.89. The molecule has 0 saturated heterocycles. The molecule has 8 nitrogen and oxygen atoms in total. The van der Waals surface area contributed by atoms with Crippen LogP contribution < -0.4 is 16.4 Å². The highest BCUT2D eigenvalue weighted by Crippen LogP contribution is 2.22. The van der Waals surface area contributed by atoms with Gasteiger partial charge in [0.1, 0.15) is 0 Å². The van der Waals surface area contributed by atoms with E-state index in [9.17, 15) is 14.7 Å². The van der Waals surface area contributed by atoms with Gasteiger partial charge in [-0.15, -0.1) is 0 Å². The largest absolute Gasteiger partial charge is 0.381 e. The van der Waals surface area contributed by atoms with Gasteiger partial charge in [-0.05, 0) is 47.9 Å². The summed E-state index contributed by atoms with van der Waals surface area (Å²) in [6.07, 6.45) is 0.418. The highest BCUT2D eigenvalue weighted by Gasteiger charge is 2.29. The van der Waals surface area contributed by atoms with Crippen LogP contribution in [0.1, 0.15) is 40.9 Å². The van der Waals surface area contributed by atoms with Crippen LogP contribution in [0.25, 0.3) is 11.0 Å². The highest BCUT2D eigenvalue weighted by atomic mass is 16.3. The second-order valence-corrected chi connectivity index (χ2v) is 8.10. The number of aromatic nitrogens is 2. The number of benzene rings is 3. The molecule has 4 aromatic rings. The second kappa shape index (κ2) is 10.2. The van der Waals surface area contributed by atoms with Gasteiger partial charge in [-0.3, -0.25) is 9.59 Å². The molecule has 4 rings (SSSR count). The number of aromatic amines is 1. The number of aliphatic hydroxyl groups is 1. The summed E-state index contributed by atoms with van der Waals surface area (Å²) in [6, 6.07) is 20.3. The first-order valence-electron chi connectivity index (χ1n) is 11.1. The Labute approximate surface area is 197 Å². The van der Waals surface area contributed by atoms with Crippen LogP contribution in [0.3, 0.4) is 0 Å². The molecule has 2 amide bonds. The van der Waals surface area contributed by atoms with Crippen molar-refractivity contribution in [3.63, 3.8) is 0 Å². The molecule has 1 aromatic heterocycles. The number of H-pyrrole nitrogens is 1. The van der Waals surface area contributed by atoms with Crippen LogP contribution in [0.2, 0.25) is 0 Å². The molecule has 2 unspecified atom stereocenters. The number of fused-ring (bicyclic) bond motifs is 1. The molecular weight excluding hydrogens is 430 g/mol. The Morgan fingerprint density at radius 1 is 1.06 bits per heavy atom. The van der Waals surface area contributed by atoms with Gasteiger partial charge in [0, 0.05) is 11.3 Å². The van der Waals surface area contributed by atoms with Crippen LogP contribution in [-0.2, 0) is 11.2 Å². The maximum Gasteiger partial charge on any atom is 0.255 e. The van der Waals surface area contributed by atoms with Crippen LogP contribution in [-0.4, -0.2) is 33.0 Å². The lowest BCUT2D eigenvalue weighted by Gasteiger charge is -2.24. The van der Waals surface area contributed by atoms with Gasteiger partial charge in [0.15, 0.2) is 12.1 Å². The molecule has 0 aliphatic carbocycles. The molecule has 0 fully saturated rings. The molecule has 2 atom stereocenters. The molecule has 0 saturated carbocycles. The standard InChI is InChI=1S/C26H27N5O3/c1-2-6-16-9-11-18(12-10-16)24(33)31-22(17-7-4-3-5-8-17)23(32)25(34)28-19-13-14-20-21(15-19)30-26(27)29-20/h3-5,7-15,22-23,32H,2,6H2,1H3,(H,28,34)(H,31,33)(H3,27,29,30). The Balaban J connectivity index is 1.53. The van der Waals surface area contributed by atoms with E-state index in [4.69, 9.17) is 5.73 Å². The number of nitrogens with two attached hydrogens (primary N) is 1. The number of amides is 2. The number of carbonyl (C=O) groups is 2. The minimum absolute atomic E-state index is 0.271. The summed E-state index contributed by atoms with van der Waals surface area (Å²) in [5.41, 5.74) is 9.67. The molecule has 8 heteroatoms. The highest BCUT2D eigenvalue weighted by molar-refractivity contribution is 5.98. The molecule has 34 heavy (non-hydrogen) atoms. The Bertz CT molecular complexity index is 1290. The quantitative estimate of drug-likeness (QED) is 0.276. The van der Waals surface area contributed by atoms with E-state index in [1.165, 1.54) is 0 Å². The number of anilines is 2. The average molecular weight is 458 g/mol. The van der Waals surface area contributed by atoms with E-state index in [0.717, 1.165) is 18.4 Å². The summed E-state index contributed by atoms with van der Waals surface area (Å²) in [7, 11) is 0. The normalized spacial score (nSPS) is 12.8. The van der Waals surface area contributed by atoms with Crippen LogP contribution in [0.15, 0.2) is 72.8 Å². The third-order valence-corrected chi connectivity index (χ3v) is 5.55. The van der Waals surface area contributed by atoms with Crippen LogP contribution >= 0.6 is 0 Å². The number of rotatable bonds is 8. The number of nitrogen functional groups attached to an aromatic ring is 1. The molecule has 1 heterocycles. The zero-order valence-corrected chi connectivity index (χ0v) is 18.8. The fourth-order valence-electron chi connectivity index (χ4n) is 3.82. The smallest absolute Gasteiger partial charge is 0.255 e. The first kappa shape index (κ1) is 23.0. The molecular formula is C26H27N5O3. The summed E-state index contributed by atoms with van der Waals surface area (Å²) >= 11 is 0. The van der Waals surface area contributed by atoms with Crippen molar-refractivity contribution in [2.75, 3.05) is 11.1 Å². The van der Waals surface area contributed by atoms with Crippen molar-refractivity contribution in [3.8, 4) is 0 Å². The van der Waals surface area contributed by atoms with Crippen molar-refractivity contribution in [1.29, 1.82) is 0 Å². The van der Waals surface area contributed by atoms with Crippen molar-refractivity contribution in [2.45, 2.75) is 31.9 Å². The Morgan fingerprint density at radius 3 is 2.50 bits per heavy atom. The van der Waals surface area contributed by atoms with Crippen molar-refractivity contribution in [1.82, 2.24) is 15.3 Å². The third-order valence-electron chi connectivity index (χ3n) is 5.55. The van der Waals surface area contributed by atoms with Crippen molar-refractivity contribution in [2.24, 2.45) is 0 Å². The van der Waals surface area contributed by atoms with Crippen molar-refractivity contribution < 1.29 is 14.7 Å². The van der Waals surface area contributed by atoms with Crippen molar-refractivity contribution >= 4 is 34.5 Å². The second-order valence-electron chi connectivity index (χ2n) is 8.10. The predicted molar refractivity (Wildman–Crippen MR) is 132 cm³/mol.